The quantitative estimate of drug-likeness (QED) is 0.419. The van der Waals surface area contributed by atoms with Gasteiger partial charge in [-0.15, -0.1) is 0 Å². The van der Waals surface area contributed by atoms with Crippen LogP contribution in [0.1, 0.15) is 0 Å². The van der Waals surface area contributed by atoms with Crippen LogP contribution in [0.15, 0.2) is 0 Å². The normalized spacial score (nSPS) is 12.9. The van der Waals surface area contributed by atoms with Gasteiger partial charge < -0.3 is 24.1 Å². The molecular weight excluding hydrogens is 280 g/mol. The van der Waals surface area contributed by atoms with Crippen LogP contribution in [0.25, 0.3) is 0 Å². The molecule has 0 bridgehead atoms. The highest BCUT2D eigenvalue weighted by atomic mass is 79.9. The molecule has 0 aliphatic rings. The number of rotatable bonds is 12. The first kappa shape index (κ1) is 16.3. The summed E-state index contributed by atoms with van der Waals surface area (Å²) >= 11 is 3.15. The summed E-state index contributed by atoms with van der Waals surface area (Å²) in [6, 6.07) is 0. The Bertz CT molecular complexity index is 136. The van der Waals surface area contributed by atoms with E-state index in [-0.39, 0.29) is 0 Å². The molecule has 1 unspecified atom stereocenters. The number of hydrogen-bond acceptors (Lipinski definition) is 5. The maximum absolute atomic E-state index is 9.14. The molecule has 98 valence electrons. The van der Waals surface area contributed by atoms with Gasteiger partial charge in [0.15, 0.2) is 0 Å². The Balaban J connectivity index is 2.93. The highest BCUT2D eigenvalue weighted by Crippen LogP contribution is 1.91. The van der Waals surface area contributed by atoms with E-state index in [1.54, 1.807) is 7.11 Å². The summed E-state index contributed by atoms with van der Waals surface area (Å²) in [5, 5.41) is 9.67. The Hall–Kier alpha value is 0.280. The van der Waals surface area contributed by atoms with Crippen LogP contribution < -0.4 is 0 Å². The van der Waals surface area contributed by atoms with Gasteiger partial charge in [0.05, 0.1) is 52.4 Å². The van der Waals surface area contributed by atoms with Gasteiger partial charge in [-0.05, 0) is 0 Å². The maximum Gasteiger partial charge on any atom is 0.0870 e. The molecule has 0 rings (SSSR count). The van der Waals surface area contributed by atoms with Crippen molar-refractivity contribution in [2.45, 2.75) is 6.10 Å². The van der Waals surface area contributed by atoms with Crippen LogP contribution in [0, 0.1) is 0 Å². The van der Waals surface area contributed by atoms with E-state index in [4.69, 9.17) is 24.1 Å². The number of aliphatic hydroxyl groups is 1. The number of hydrogen-bond donors (Lipinski definition) is 1. The molecule has 0 aromatic rings. The topological polar surface area (TPSA) is 57.2 Å². The first-order chi connectivity index (χ1) is 7.81. The third-order valence-corrected chi connectivity index (χ3v) is 2.41. The molecular formula is C10H21BrO5. The second kappa shape index (κ2) is 13.3. The lowest BCUT2D eigenvalue weighted by Gasteiger charge is -2.08. The zero-order valence-electron chi connectivity index (χ0n) is 9.69. The maximum atomic E-state index is 9.14. The number of aliphatic hydroxyl groups excluding tert-OH is 1. The Morgan fingerprint density at radius 1 is 0.938 bits per heavy atom. The zero-order chi connectivity index (χ0) is 12.1. The lowest BCUT2D eigenvalue weighted by atomic mass is 10.4. The lowest BCUT2D eigenvalue weighted by Crippen LogP contribution is -2.19. The fourth-order valence-electron chi connectivity index (χ4n) is 0.846. The molecule has 0 aromatic heterocycles. The van der Waals surface area contributed by atoms with Crippen molar-refractivity contribution in [3.8, 4) is 0 Å². The molecule has 0 aliphatic heterocycles. The van der Waals surface area contributed by atoms with Crippen LogP contribution in [0.2, 0.25) is 0 Å². The molecule has 6 heteroatoms. The van der Waals surface area contributed by atoms with E-state index < -0.39 is 6.10 Å². The van der Waals surface area contributed by atoms with E-state index in [0.717, 1.165) is 0 Å². The van der Waals surface area contributed by atoms with Crippen molar-refractivity contribution in [1.29, 1.82) is 0 Å². The third-order valence-electron chi connectivity index (χ3n) is 1.66. The highest BCUT2D eigenvalue weighted by molar-refractivity contribution is 9.09. The molecule has 5 nitrogen and oxygen atoms in total. The Labute approximate surface area is 105 Å². The van der Waals surface area contributed by atoms with Gasteiger partial charge in [-0.3, -0.25) is 0 Å². The summed E-state index contributed by atoms with van der Waals surface area (Å²) in [7, 11) is 1.64. The molecule has 0 saturated carbocycles. The van der Waals surface area contributed by atoms with Crippen molar-refractivity contribution in [1.82, 2.24) is 0 Å². The molecule has 0 aromatic carbocycles. The van der Waals surface area contributed by atoms with E-state index in [9.17, 15) is 0 Å². The molecule has 0 radical (unpaired) electrons. The van der Waals surface area contributed by atoms with Gasteiger partial charge in [-0.1, -0.05) is 15.9 Å². The molecule has 0 spiro atoms. The number of halogens is 1. The van der Waals surface area contributed by atoms with Gasteiger partial charge in [-0.25, -0.2) is 0 Å². The number of ether oxygens (including phenoxy) is 4. The second-order valence-electron chi connectivity index (χ2n) is 3.10. The number of alkyl halides is 1. The van der Waals surface area contributed by atoms with Crippen LogP contribution in [0.5, 0.6) is 0 Å². The Morgan fingerprint density at radius 2 is 1.44 bits per heavy atom. The predicted molar refractivity (Wildman–Crippen MR) is 64.1 cm³/mol. The molecule has 0 aliphatic carbocycles. The predicted octanol–water partition coefficient (Wildman–Crippen LogP) is 0.438. The number of methoxy groups -OCH3 is 1. The SMILES string of the molecule is COCCOCCOCCOCC(O)CBr. The molecule has 0 amide bonds. The van der Waals surface area contributed by atoms with Crippen molar-refractivity contribution >= 4 is 15.9 Å². The molecule has 16 heavy (non-hydrogen) atoms. The summed E-state index contributed by atoms with van der Waals surface area (Å²) in [6.07, 6.45) is -0.447. The van der Waals surface area contributed by atoms with E-state index in [1.165, 1.54) is 0 Å². The minimum atomic E-state index is -0.447. The Morgan fingerprint density at radius 3 is 1.94 bits per heavy atom. The van der Waals surface area contributed by atoms with Crippen LogP contribution in [-0.2, 0) is 18.9 Å². The largest absolute Gasteiger partial charge is 0.390 e. The summed E-state index contributed by atoms with van der Waals surface area (Å²) in [4.78, 5) is 0. The van der Waals surface area contributed by atoms with Crippen LogP contribution in [-0.4, -0.2) is 69.9 Å². The van der Waals surface area contributed by atoms with Crippen molar-refractivity contribution in [2.24, 2.45) is 0 Å². The highest BCUT2D eigenvalue weighted by Gasteiger charge is 2.00. The lowest BCUT2D eigenvalue weighted by molar-refractivity contribution is -0.0104. The molecule has 0 heterocycles. The van der Waals surface area contributed by atoms with Crippen molar-refractivity contribution < 1.29 is 24.1 Å². The van der Waals surface area contributed by atoms with Gasteiger partial charge in [-0.2, -0.15) is 0 Å². The Kier molecular flexibility index (Phi) is 13.6. The second-order valence-corrected chi connectivity index (χ2v) is 3.75. The van der Waals surface area contributed by atoms with Crippen molar-refractivity contribution in [3.63, 3.8) is 0 Å². The minimum absolute atomic E-state index is 0.332. The van der Waals surface area contributed by atoms with Crippen LogP contribution >= 0.6 is 15.9 Å². The van der Waals surface area contributed by atoms with Gasteiger partial charge in [0.25, 0.3) is 0 Å². The first-order valence-corrected chi connectivity index (χ1v) is 6.39. The van der Waals surface area contributed by atoms with E-state index in [1.807, 2.05) is 0 Å². The van der Waals surface area contributed by atoms with Crippen molar-refractivity contribution in [2.75, 3.05) is 58.7 Å². The molecule has 1 N–H and O–H groups in total. The summed E-state index contributed by atoms with van der Waals surface area (Å²) < 4.78 is 20.4. The van der Waals surface area contributed by atoms with Gasteiger partial charge in [0.2, 0.25) is 0 Å². The van der Waals surface area contributed by atoms with Crippen LogP contribution in [0.3, 0.4) is 0 Å². The van der Waals surface area contributed by atoms with E-state index >= 15 is 0 Å². The molecule has 0 fully saturated rings. The third kappa shape index (κ3) is 12.4. The zero-order valence-corrected chi connectivity index (χ0v) is 11.3. The fraction of sp³-hybridized carbons (Fsp3) is 1.00. The monoisotopic (exact) mass is 300 g/mol. The van der Waals surface area contributed by atoms with Gasteiger partial charge >= 0.3 is 0 Å². The van der Waals surface area contributed by atoms with Gasteiger partial charge in [0.1, 0.15) is 0 Å². The standard InChI is InChI=1S/C10H21BrO5/c1-13-2-3-14-4-5-15-6-7-16-9-10(12)8-11/h10,12H,2-9H2,1H3. The fourth-order valence-corrected chi connectivity index (χ4v) is 1.03. The summed E-state index contributed by atoms with van der Waals surface area (Å²) in [5.74, 6) is 0. The van der Waals surface area contributed by atoms with E-state index in [0.29, 0.717) is 51.6 Å². The van der Waals surface area contributed by atoms with Crippen molar-refractivity contribution in [3.05, 3.63) is 0 Å². The summed E-state index contributed by atoms with van der Waals surface area (Å²) in [6.45, 7) is 3.65. The van der Waals surface area contributed by atoms with Gasteiger partial charge in [0, 0.05) is 12.4 Å². The average Bonchev–Trinajstić information content (AvgIpc) is 2.31. The van der Waals surface area contributed by atoms with Crippen LogP contribution in [0.4, 0.5) is 0 Å². The summed E-state index contributed by atoms with van der Waals surface area (Å²) in [5.41, 5.74) is 0. The molecule has 0 saturated heterocycles. The first-order valence-electron chi connectivity index (χ1n) is 5.27. The molecule has 1 atom stereocenters. The van der Waals surface area contributed by atoms with E-state index in [2.05, 4.69) is 15.9 Å². The minimum Gasteiger partial charge on any atom is -0.390 e. The smallest absolute Gasteiger partial charge is 0.0870 e. The average molecular weight is 301 g/mol.